The summed E-state index contributed by atoms with van der Waals surface area (Å²) in [5.41, 5.74) is 4.70. The molecule has 30 heavy (non-hydrogen) atoms. The molecule has 2 fully saturated rings. The summed E-state index contributed by atoms with van der Waals surface area (Å²) in [6.45, 7) is 4.17. The molecule has 156 valence electrons. The molecule has 2 aliphatic rings. The largest absolute Gasteiger partial charge is 0.454 e. The summed E-state index contributed by atoms with van der Waals surface area (Å²) in [7, 11) is 0. The average molecular weight is 405 g/mol. The number of halogens is 1. The van der Waals surface area contributed by atoms with Crippen molar-refractivity contribution in [2.75, 3.05) is 13.1 Å². The second-order valence-electron chi connectivity index (χ2n) is 8.92. The number of hydrogen-bond acceptors (Lipinski definition) is 3. The summed E-state index contributed by atoms with van der Waals surface area (Å²) < 4.78 is 20.4. The fraction of sp³-hybridized carbons (Fsp3) is 0.423. The minimum absolute atomic E-state index is 0.260. The van der Waals surface area contributed by atoms with Gasteiger partial charge in [0.1, 0.15) is 5.75 Å². The molecule has 1 aliphatic heterocycles. The highest BCUT2D eigenvalue weighted by atomic mass is 19.1. The molecule has 4 heteroatoms. The van der Waals surface area contributed by atoms with Crippen molar-refractivity contribution in [3.63, 3.8) is 0 Å². The molecular weight excluding hydrogens is 375 g/mol. The van der Waals surface area contributed by atoms with Crippen LogP contribution < -0.4 is 10.1 Å². The summed E-state index contributed by atoms with van der Waals surface area (Å²) in [5.74, 6) is 2.08. The zero-order valence-electron chi connectivity index (χ0n) is 17.6. The maximum absolute atomic E-state index is 14.3. The van der Waals surface area contributed by atoms with Gasteiger partial charge in [0.2, 0.25) is 0 Å². The Labute approximate surface area is 177 Å². The fourth-order valence-electron chi connectivity index (χ4n) is 4.64. The van der Waals surface area contributed by atoms with Crippen molar-refractivity contribution >= 4 is 10.9 Å². The van der Waals surface area contributed by atoms with E-state index in [9.17, 15) is 4.39 Å². The first-order chi connectivity index (χ1) is 14.7. The third-order valence-electron chi connectivity index (χ3n) is 6.57. The maximum Gasteiger partial charge on any atom is 0.165 e. The second kappa shape index (κ2) is 8.35. The van der Waals surface area contributed by atoms with Crippen LogP contribution in [-0.2, 0) is 6.42 Å². The van der Waals surface area contributed by atoms with Crippen LogP contribution in [0.1, 0.15) is 54.7 Å². The number of fused-ring (bicyclic) bond motifs is 1. The molecule has 2 heterocycles. The van der Waals surface area contributed by atoms with Crippen LogP contribution in [0.2, 0.25) is 0 Å². The summed E-state index contributed by atoms with van der Waals surface area (Å²) in [6, 6.07) is 11.4. The Morgan fingerprint density at radius 1 is 1.03 bits per heavy atom. The van der Waals surface area contributed by atoms with E-state index >= 15 is 0 Å². The van der Waals surface area contributed by atoms with Crippen LogP contribution in [0, 0.1) is 18.7 Å². The minimum Gasteiger partial charge on any atom is -0.454 e. The average Bonchev–Trinajstić information content (AvgIpc) is 3.60. The van der Waals surface area contributed by atoms with Gasteiger partial charge in [-0.15, -0.1) is 0 Å². The number of pyridine rings is 1. The number of hydrogen-bond donors (Lipinski definition) is 1. The maximum atomic E-state index is 14.3. The molecular formula is C26H29FN2O. The van der Waals surface area contributed by atoms with Gasteiger partial charge in [0, 0.05) is 11.6 Å². The van der Waals surface area contributed by atoms with Crippen molar-refractivity contribution in [2.24, 2.45) is 5.92 Å². The molecule has 0 atom stereocenters. The molecule has 3 aromatic rings. The van der Waals surface area contributed by atoms with Crippen molar-refractivity contribution in [1.29, 1.82) is 0 Å². The summed E-state index contributed by atoms with van der Waals surface area (Å²) in [5, 5.41) is 4.44. The molecule has 0 amide bonds. The van der Waals surface area contributed by atoms with E-state index in [0.717, 1.165) is 41.9 Å². The molecule has 1 aromatic heterocycles. The highest BCUT2D eigenvalue weighted by Crippen LogP contribution is 2.44. The van der Waals surface area contributed by atoms with Crippen molar-refractivity contribution in [3.05, 3.63) is 65.1 Å². The van der Waals surface area contributed by atoms with Crippen LogP contribution in [-0.4, -0.2) is 18.1 Å². The van der Waals surface area contributed by atoms with Gasteiger partial charge in [-0.2, -0.15) is 0 Å². The molecule has 1 saturated carbocycles. The number of aromatic nitrogens is 1. The molecule has 0 bridgehead atoms. The molecule has 1 saturated heterocycles. The van der Waals surface area contributed by atoms with E-state index < -0.39 is 0 Å². The van der Waals surface area contributed by atoms with Crippen molar-refractivity contribution < 1.29 is 9.13 Å². The van der Waals surface area contributed by atoms with Gasteiger partial charge in [-0.05, 0) is 117 Å². The molecule has 0 unspecified atom stereocenters. The number of aryl methyl sites for hydroxylation is 2. The predicted octanol–water partition coefficient (Wildman–Crippen LogP) is 6.28. The monoisotopic (exact) mass is 404 g/mol. The first-order valence-electron chi connectivity index (χ1n) is 11.2. The summed E-state index contributed by atoms with van der Waals surface area (Å²) in [4.78, 5) is 4.61. The number of rotatable bonds is 6. The molecule has 3 nitrogen and oxygen atoms in total. The number of nitrogens with zero attached hydrogens (tertiary/aromatic N) is 1. The van der Waals surface area contributed by atoms with Crippen LogP contribution in [0.15, 0.2) is 42.6 Å². The Hall–Kier alpha value is -2.46. The van der Waals surface area contributed by atoms with Gasteiger partial charge in [-0.1, -0.05) is 6.07 Å². The summed E-state index contributed by atoms with van der Waals surface area (Å²) in [6.07, 6.45) is 9.21. The zero-order chi connectivity index (χ0) is 20.5. The van der Waals surface area contributed by atoms with E-state index in [1.165, 1.54) is 49.3 Å². The third-order valence-corrected chi connectivity index (χ3v) is 6.57. The Bertz CT molecular complexity index is 1050. The molecule has 0 spiro atoms. The van der Waals surface area contributed by atoms with Crippen molar-refractivity contribution in [2.45, 2.75) is 51.4 Å². The van der Waals surface area contributed by atoms with E-state index in [4.69, 9.17) is 4.74 Å². The fourth-order valence-corrected chi connectivity index (χ4v) is 4.64. The molecule has 1 N–H and O–H groups in total. The van der Waals surface area contributed by atoms with Gasteiger partial charge in [0.25, 0.3) is 0 Å². The lowest BCUT2D eigenvalue weighted by Gasteiger charge is -2.23. The second-order valence-corrected chi connectivity index (χ2v) is 8.92. The van der Waals surface area contributed by atoms with Crippen molar-refractivity contribution in [3.8, 4) is 11.5 Å². The molecule has 1 aliphatic carbocycles. The molecule has 0 radical (unpaired) electrons. The van der Waals surface area contributed by atoms with Crippen LogP contribution in [0.4, 0.5) is 4.39 Å². The van der Waals surface area contributed by atoms with Gasteiger partial charge in [-0.25, -0.2) is 4.39 Å². The Kier molecular flexibility index (Phi) is 5.43. The van der Waals surface area contributed by atoms with Gasteiger partial charge in [-0.3, -0.25) is 4.98 Å². The van der Waals surface area contributed by atoms with E-state index in [1.54, 1.807) is 12.3 Å². The first kappa shape index (κ1) is 19.5. The van der Waals surface area contributed by atoms with E-state index in [1.807, 2.05) is 19.1 Å². The predicted molar refractivity (Wildman–Crippen MR) is 119 cm³/mol. The van der Waals surface area contributed by atoms with E-state index in [2.05, 4.69) is 22.4 Å². The Morgan fingerprint density at radius 2 is 1.87 bits per heavy atom. The lowest BCUT2D eigenvalue weighted by atomic mass is 9.89. The normalized spacial score (nSPS) is 17.4. The molecule has 5 rings (SSSR count). The van der Waals surface area contributed by atoms with Gasteiger partial charge < -0.3 is 10.1 Å². The Morgan fingerprint density at radius 3 is 2.63 bits per heavy atom. The SMILES string of the molecule is Cc1ccc(Oc2ccnc3cc(CCC4CCNCC4)c(C4CC4)cc23)c(F)c1. The van der Waals surface area contributed by atoms with Crippen LogP contribution in [0.5, 0.6) is 11.5 Å². The lowest BCUT2D eigenvalue weighted by Crippen LogP contribution is -2.27. The number of piperidine rings is 1. The van der Waals surface area contributed by atoms with E-state index in [-0.39, 0.29) is 11.6 Å². The topological polar surface area (TPSA) is 34.1 Å². The zero-order valence-corrected chi connectivity index (χ0v) is 17.6. The minimum atomic E-state index is -0.332. The third kappa shape index (κ3) is 4.20. The smallest absolute Gasteiger partial charge is 0.165 e. The molecule has 2 aromatic carbocycles. The van der Waals surface area contributed by atoms with Gasteiger partial charge >= 0.3 is 0 Å². The van der Waals surface area contributed by atoms with Gasteiger partial charge in [0.05, 0.1) is 5.52 Å². The Balaban J connectivity index is 1.46. The van der Waals surface area contributed by atoms with Crippen molar-refractivity contribution in [1.82, 2.24) is 10.3 Å². The van der Waals surface area contributed by atoms with Crippen LogP contribution in [0.3, 0.4) is 0 Å². The first-order valence-corrected chi connectivity index (χ1v) is 11.2. The number of nitrogens with one attached hydrogen (secondary N) is 1. The summed E-state index contributed by atoms with van der Waals surface area (Å²) >= 11 is 0. The quantitative estimate of drug-likeness (QED) is 0.525. The highest BCUT2D eigenvalue weighted by Gasteiger charge is 2.27. The van der Waals surface area contributed by atoms with E-state index in [0.29, 0.717) is 11.7 Å². The standard InChI is InChI=1S/C26H29FN2O/c1-17-2-7-26(23(27)14-17)30-25-10-13-29-24-15-20(4-3-18-8-11-28-12-9-18)21(16-22(24)25)19-5-6-19/h2,7,10,13-16,18-19,28H,3-6,8-9,11-12H2,1H3. The lowest BCUT2D eigenvalue weighted by molar-refractivity contribution is 0.354. The highest BCUT2D eigenvalue weighted by molar-refractivity contribution is 5.87. The van der Waals surface area contributed by atoms with Crippen LogP contribution in [0.25, 0.3) is 10.9 Å². The number of ether oxygens (including phenoxy) is 1. The van der Waals surface area contributed by atoms with Gasteiger partial charge in [0.15, 0.2) is 11.6 Å². The number of benzene rings is 2. The van der Waals surface area contributed by atoms with Crippen LogP contribution >= 0.6 is 0 Å².